The number of hydrogen-bond donors (Lipinski definition) is 4. The maximum Gasteiger partial charge on any atom is 0.301 e. The molecule has 3 atom stereocenters. The number of phenolic OH excluding ortho intramolecular Hbond substituents is 1. The highest BCUT2D eigenvalue weighted by molar-refractivity contribution is 6.54. The number of aryl methyl sites for hydroxylation is 2. The second kappa shape index (κ2) is 8.44. The Morgan fingerprint density at radius 2 is 1.53 bits per heavy atom. The van der Waals surface area contributed by atoms with E-state index in [-0.39, 0.29) is 11.3 Å². The number of hydrogen-bond acceptors (Lipinski definition) is 8. The predicted octanol–water partition coefficient (Wildman–Crippen LogP) is 2.82. The van der Waals surface area contributed by atoms with Crippen LogP contribution >= 0.6 is 0 Å². The number of anilines is 1. The van der Waals surface area contributed by atoms with Crippen molar-refractivity contribution in [2.24, 2.45) is 0 Å². The van der Waals surface area contributed by atoms with E-state index in [2.05, 4.69) is 0 Å². The van der Waals surface area contributed by atoms with Gasteiger partial charge in [0.1, 0.15) is 17.1 Å². The van der Waals surface area contributed by atoms with Gasteiger partial charge in [-0.3, -0.25) is 24.5 Å². The number of benzene rings is 2. The van der Waals surface area contributed by atoms with E-state index in [4.69, 9.17) is 0 Å². The molecule has 3 unspecified atom stereocenters. The third-order valence-corrected chi connectivity index (χ3v) is 7.39. The molecule has 1 saturated carbocycles. The van der Waals surface area contributed by atoms with Crippen molar-refractivity contribution in [2.75, 3.05) is 4.90 Å². The number of amides is 2. The molecule has 3 aliphatic rings. The average molecular weight is 494 g/mol. The fraction of sp³-hybridized carbons (Fsp3) is 0.346. The second-order valence-electron chi connectivity index (χ2n) is 9.64. The molecule has 2 heterocycles. The van der Waals surface area contributed by atoms with Gasteiger partial charge in [0.25, 0.3) is 11.7 Å². The summed E-state index contributed by atoms with van der Waals surface area (Å²) in [5.41, 5.74) is -1.89. The Hall–Kier alpha value is -3.73. The van der Waals surface area contributed by atoms with E-state index < -0.39 is 52.4 Å². The van der Waals surface area contributed by atoms with Crippen molar-refractivity contribution in [2.45, 2.75) is 57.3 Å². The maximum absolute atomic E-state index is 14.0. The summed E-state index contributed by atoms with van der Waals surface area (Å²) in [7, 11) is 0. The Balaban J connectivity index is 1.84. The highest BCUT2D eigenvalue weighted by atomic mass is 16.5. The number of aliphatic hydroxyl groups excluding tert-OH is 1. The van der Waals surface area contributed by atoms with Gasteiger partial charge in [-0.05, 0) is 44.4 Å². The lowest BCUT2D eigenvalue weighted by molar-refractivity contribution is -0.274. The number of aliphatic hydroxyl groups is 1. The molecule has 0 bridgehead atoms. The lowest BCUT2D eigenvalue weighted by Gasteiger charge is -2.54. The Bertz CT molecular complexity index is 1310. The molecule has 2 aromatic carbocycles. The maximum atomic E-state index is 14.0. The molecule has 3 fully saturated rings. The van der Waals surface area contributed by atoms with Gasteiger partial charge in [-0.1, -0.05) is 48.7 Å². The molecular weight excluding hydrogens is 466 g/mol. The number of nitrogens with zero attached hydrogens (tertiary/aromatic N) is 3. The fourth-order valence-electron chi connectivity index (χ4n) is 5.59. The summed E-state index contributed by atoms with van der Waals surface area (Å²) in [6.45, 7) is 3.53. The van der Waals surface area contributed by atoms with Gasteiger partial charge in [-0.2, -0.15) is 0 Å². The van der Waals surface area contributed by atoms with Gasteiger partial charge in [-0.15, -0.1) is 5.06 Å². The van der Waals surface area contributed by atoms with E-state index in [0.717, 1.165) is 5.56 Å². The monoisotopic (exact) mass is 493 g/mol. The quantitative estimate of drug-likeness (QED) is 0.217. The molecular formula is C26H27N3O7. The van der Waals surface area contributed by atoms with E-state index in [9.17, 15) is 35.0 Å². The summed E-state index contributed by atoms with van der Waals surface area (Å²) in [6.07, 6.45) is 2.16. The van der Waals surface area contributed by atoms with Gasteiger partial charge < -0.3 is 15.4 Å². The first kappa shape index (κ1) is 24.0. The summed E-state index contributed by atoms with van der Waals surface area (Å²) in [6, 6.07) is 9.04. The number of ketones is 1. The van der Waals surface area contributed by atoms with Crippen molar-refractivity contribution in [3.05, 3.63) is 64.7 Å². The SMILES string of the molecule is Cc1ccc(/C(O)=C2\C(=O)C(=O)N(c3ccc(C)cc3O)C23C(=O)N(O)C2CCCCC2N3O)cc1. The zero-order chi connectivity index (χ0) is 25.9. The summed E-state index contributed by atoms with van der Waals surface area (Å²) in [5, 5.41) is 45.8. The van der Waals surface area contributed by atoms with Crippen LogP contribution in [0.25, 0.3) is 5.76 Å². The molecule has 1 spiro atoms. The summed E-state index contributed by atoms with van der Waals surface area (Å²) in [5.74, 6) is -4.75. The summed E-state index contributed by atoms with van der Waals surface area (Å²) in [4.78, 5) is 41.7. The van der Waals surface area contributed by atoms with E-state index in [1.807, 2.05) is 6.92 Å². The van der Waals surface area contributed by atoms with Crippen molar-refractivity contribution >= 4 is 29.0 Å². The standard InChI is InChI=1S/C26H27N3O7/c1-14-7-10-16(11-8-14)22(31)21-23(32)24(33)27(19-12-9-15(2)13-20(19)30)26(21)25(34)28(35)17-5-3-4-6-18(17)29(26)36/h7-13,17-18,30-31,35-36H,3-6H2,1-2H3/b22-21-. The molecule has 4 N–H and O–H groups in total. The third-order valence-electron chi connectivity index (χ3n) is 7.39. The fourth-order valence-corrected chi connectivity index (χ4v) is 5.59. The van der Waals surface area contributed by atoms with Crippen molar-refractivity contribution in [3.8, 4) is 5.75 Å². The Morgan fingerprint density at radius 3 is 2.17 bits per heavy atom. The Morgan fingerprint density at radius 1 is 0.917 bits per heavy atom. The van der Waals surface area contributed by atoms with E-state index in [0.29, 0.717) is 46.3 Å². The number of rotatable bonds is 2. The molecule has 0 radical (unpaired) electrons. The number of aromatic hydroxyl groups is 1. The lowest BCUT2D eigenvalue weighted by atomic mass is 9.82. The van der Waals surface area contributed by atoms with Crippen molar-refractivity contribution in [1.29, 1.82) is 0 Å². The number of hydroxylamine groups is 4. The first-order valence-electron chi connectivity index (χ1n) is 11.8. The van der Waals surface area contributed by atoms with Crippen LogP contribution in [-0.4, -0.2) is 66.1 Å². The van der Waals surface area contributed by atoms with Gasteiger partial charge >= 0.3 is 5.91 Å². The predicted molar refractivity (Wildman–Crippen MR) is 127 cm³/mol. The first-order chi connectivity index (χ1) is 17.1. The van der Waals surface area contributed by atoms with Gasteiger partial charge in [-0.25, -0.2) is 5.06 Å². The number of carbonyl (C=O) groups excluding carboxylic acids is 3. The summed E-state index contributed by atoms with van der Waals surface area (Å²) >= 11 is 0. The van der Waals surface area contributed by atoms with Crippen LogP contribution in [0.3, 0.4) is 0 Å². The van der Waals surface area contributed by atoms with Crippen LogP contribution in [0.2, 0.25) is 0 Å². The van der Waals surface area contributed by atoms with E-state index in [1.165, 1.54) is 24.3 Å². The van der Waals surface area contributed by atoms with Crippen LogP contribution in [0.4, 0.5) is 5.69 Å². The van der Waals surface area contributed by atoms with Gasteiger partial charge in [0, 0.05) is 5.56 Å². The Kier molecular flexibility index (Phi) is 5.62. The summed E-state index contributed by atoms with van der Waals surface area (Å²) < 4.78 is 0. The van der Waals surface area contributed by atoms with E-state index in [1.54, 1.807) is 25.1 Å². The number of fused-ring (bicyclic) bond motifs is 1. The molecule has 5 rings (SSSR count). The molecule has 10 heteroatoms. The van der Waals surface area contributed by atoms with Crippen molar-refractivity contribution < 1.29 is 35.0 Å². The minimum atomic E-state index is -2.64. The molecule has 2 saturated heterocycles. The third kappa shape index (κ3) is 3.18. The normalized spacial score (nSPS) is 28.2. The lowest BCUT2D eigenvalue weighted by Crippen LogP contribution is -2.77. The molecule has 188 valence electrons. The molecule has 1 aliphatic carbocycles. The van der Waals surface area contributed by atoms with Gasteiger partial charge in [0.2, 0.25) is 5.66 Å². The zero-order valence-electron chi connectivity index (χ0n) is 19.9. The Labute approximate surface area is 207 Å². The first-order valence-corrected chi connectivity index (χ1v) is 11.8. The highest BCUT2D eigenvalue weighted by Gasteiger charge is 2.71. The van der Waals surface area contributed by atoms with Gasteiger partial charge in [0.15, 0.2) is 0 Å². The molecule has 2 amide bonds. The van der Waals surface area contributed by atoms with Crippen LogP contribution in [0, 0.1) is 13.8 Å². The smallest absolute Gasteiger partial charge is 0.301 e. The van der Waals surface area contributed by atoms with Crippen molar-refractivity contribution in [3.63, 3.8) is 0 Å². The number of phenols is 1. The average Bonchev–Trinajstić information content (AvgIpc) is 3.09. The minimum Gasteiger partial charge on any atom is -0.507 e. The zero-order valence-corrected chi connectivity index (χ0v) is 19.9. The van der Waals surface area contributed by atoms with Crippen LogP contribution in [0.5, 0.6) is 5.75 Å². The largest absolute Gasteiger partial charge is 0.507 e. The highest BCUT2D eigenvalue weighted by Crippen LogP contribution is 2.50. The number of carbonyl (C=O) groups is 3. The minimum absolute atomic E-state index is 0.141. The van der Waals surface area contributed by atoms with Crippen LogP contribution in [-0.2, 0) is 14.4 Å². The number of piperazine rings is 1. The molecule has 0 aromatic heterocycles. The van der Waals surface area contributed by atoms with Gasteiger partial charge in [0.05, 0.1) is 17.8 Å². The van der Waals surface area contributed by atoms with Crippen LogP contribution in [0.1, 0.15) is 42.4 Å². The topological polar surface area (TPSA) is 142 Å². The number of Topliss-reactive ketones (excluding diaryl/α,β-unsaturated/α-hetero) is 1. The second-order valence-corrected chi connectivity index (χ2v) is 9.64. The van der Waals surface area contributed by atoms with Crippen LogP contribution in [0.15, 0.2) is 48.0 Å². The molecule has 36 heavy (non-hydrogen) atoms. The molecule has 10 nitrogen and oxygen atoms in total. The van der Waals surface area contributed by atoms with E-state index >= 15 is 0 Å². The molecule has 2 aromatic rings. The van der Waals surface area contributed by atoms with Crippen molar-refractivity contribution in [1.82, 2.24) is 10.1 Å². The molecule has 2 aliphatic heterocycles. The van der Waals surface area contributed by atoms with Crippen LogP contribution < -0.4 is 4.90 Å².